The summed E-state index contributed by atoms with van der Waals surface area (Å²) >= 11 is 0. The SMILES string of the molecule is C/C=C/C(=O)N(C)CC(=O)OCC. The van der Waals surface area contributed by atoms with Crippen molar-refractivity contribution >= 4 is 11.9 Å². The molecule has 0 fully saturated rings. The fourth-order valence-electron chi connectivity index (χ4n) is 0.748. The second-order valence-electron chi connectivity index (χ2n) is 2.50. The second-order valence-corrected chi connectivity index (χ2v) is 2.50. The van der Waals surface area contributed by atoms with Gasteiger partial charge < -0.3 is 9.64 Å². The zero-order chi connectivity index (χ0) is 10.3. The Labute approximate surface area is 78.2 Å². The van der Waals surface area contributed by atoms with Crippen molar-refractivity contribution in [2.45, 2.75) is 13.8 Å². The number of rotatable bonds is 4. The maximum absolute atomic E-state index is 11.1. The Bertz CT molecular complexity index is 211. The highest BCUT2D eigenvalue weighted by Crippen LogP contribution is 1.89. The molecule has 4 heteroatoms. The summed E-state index contributed by atoms with van der Waals surface area (Å²) in [5, 5.41) is 0. The molecule has 74 valence electrons. The van der Waals surface area contributed by atoms with E-state index in [1.54, 1.807) is 27.0 Å². The Morgan fingerprint density at radius 3 is 2.54 bits per heavy atom. The third-order valence-corrected chi connectivity index (χ3v) is 1.36. The average molecular weight is 185 g/mol. The molecule has 0 aliphatic rings. The van der Waals surface area contributed by atoms with Crippen LogP contribution in [0.4, 0.5) is 0 Å². The lowest BCUT2D eigenvalue weighted by Crippen LogP contribution is -2.31. The molecule has 0 radical (unpaired) electrons. The lowest BCUT2D eigenvalue weighted by Gasteiger charge is -2.13. The predicted molar refractivity (Wildman–Crippen MR) is 49.1 cm³/mol. The first-order chi connectivity index (χ1) is 6.11. The van der Waals surface area contributed by atoms with Crippen LogP contribution in [0.3, 0.4) is 0 Å². The number of hydrogen-bond donors (Lipinski definition) is 0. The van der Waals surface area contributed by atoms with E-state index in [0.29, 0.717) is 6.61 Å². The Kier molecular flexibility index (Phi) is 5.59. The number of amides is 1. The third-order valence-electron chi connectivity index (χ3n) is 1.36. The molecule has 0 saturated heterocycles. The number of likely N-dealkylation sites (N-methyl/N-ethyl adjacent to an activating group) is 1. The molecule has 13 heavy (non-hydrogen) atoms. The highest BCUT2D eigenvalue weighted by molar-refractivity contribution is 5.89. The molecule has 0 aromatic carbocycles. The molecule has 0 rings (SSSR count). The predicted octanol–water partition coefficient (Wildman–Crippen LogP) is 0.584. The molecule has 1 amide bonds. The minimum absolute atomic E-state index is 0.00296. The van der Waals surface area contributed by atoms with E-state index in [4.69, 9.17) is 0 Å². The Morgan fingerprint density at radius 2 is 2.08 bits per heavy atom. The van der Waals surface area contributed by atoms with Gasteiger partial charge in [-0.1, -0.05) is 6.08 Å². The molecule has 0 atom stereocenters. The van der Waals surface area contributed by atoms with Crippen LogP contribution >= 0.6 is 0 Å². The van der Waals surface area contributed by atoms with E-state index in [9.17, 15) is 9.59 Å². The Balaban J connectivity index is 3.92. The summed E-state index contributed by atoms with van der Waals surface area (Å²) < 4.78 is 4.68. The minimum atomic E-state index is -0.386. The van der Waals surface area contributed by atoms with Crippen molar-refractivity contribution in [3.8, 4) is 0 Å². The number of ether oxygens (including phenoxy) is 1. The van der Waals surface area contributed by atoms with Crippen LogP contribution in [0.15, 0.2) is 12.2 Å². The van der Waals surface area contributed by atoms with Crippen molar-refractivity contribution < 1.29 is 14.3 Å². The summed E-state index contributed by atoms with van der Waals surface area (Å²) in [6.07, 6.45) is 3.03. The highest BCUT2D eigenvalue weighted by Gasteiger charge is 2.09. The van der Waals surface area contributed by atoms with Gasteiger partial charge in [-0.3, -0.25) is 9.59 Å². The standard InChI is InChI=1S/C9H15NO3/c1-4-6-8(11)10(3)7-9(12)13-5-2/h4,6H,5,7H2,1-3H3/b6-4+. The maximum Gasteiger partial charge on any atom is 0.325 e. The number of allylic oxidation sites excluding steroid dienone is 1. The lowest BCUT2D eigenvalue weighted by molar-refractivity contribution is -0.147. The smallest absolute Gasteiger partial charge is 0.325 e. The van der Waals surface area contributed by atoms with Crippen LogP contribution in [0, 0.1) is 0 Å². The Hall–Kier alpha value is -1.32. The molecule has 0 aliphatic carbocycles. The number of hydrogen-bond acceptors (Lipinski definition) is 3. The molecule has 4 nitrogen and oxygen atoms in total. The van der Waals surface area contributed by atoms with Gasteiger partial charge in [-0.15, -0.1) is 0 Å². The van der Waals surface area contributed by atoms with Crippen molar-refractivity contribution in [2.24, 2.45) is 0 Å². The zero-order valence-electron chi connectivity index (χ0n) is 8.24. The first-order valence-electron chi connectivity index (χ1n) is 4.15. The lowest BCUT2D eigenvalue weighted by atomic mass is 10.4. The van der Waals surface area contributed by atoms with Gasteiger partial charge >= 0.3 is 5.97 Å². The van der Waals surface area contributed by atoms with E-state index in [1.807, 2.05) is 0 Å². The van der Waals surface area contributed by atoms with Crippen LogP contribution in [0.25, 0.3) is 0 Å². The van der Waals surface area contributed by atoms with Gasteiger partial charge in [-0.2, -0.15) is 0 Å². The number of carbonyl (C=O) groups is 2. The van der Waals surface area contributed by atoms with E-state index in [2.05, 4.69) is 4.74 Å². The van der Waals surface area contributed by atoms with Crippen molar-refractivity contribution in [3.05, 3.63) is 12.2 Å². The van der Waals surface area contributed by atoms with Gasteiger partial charge in [0.05, 0.1) is 6.61 Å². The molecular formula is C9H15NO3. The van der Waals surface area contributed by atoms with Gasteiger partial charge in [0.2, 0.25) is 5.91 Å². The quantitative estimate of drug-likeness (QED) is 0.475. The van der Waals surface area contributed by atoms with Crippen LogP contribution in [-0.4, -0.2) is 37.0 Å². The average Bonchev–Trinajstić information content (AvgIpc) is 2.05. The van der Waals surface area contributed by atoms with Crippen molar-refractivity contribution in [2.75, 3.05) is 20.2 Å². The van der Waals surface area contributed by atoms with Gasteiger partial charge in [0.1, 0.15) is 6.54 Å². The number of nitrogens with zero attached hydrogens (tertiary/aromatic N) is 1. The second kappa shape index (κ2) is 6.22. The molecule has 0 N–H and O–H groups in total. The van der Waals surface area contributed by atoms with Crippen molar-refractivity contribution in [1.29, 1.82) is 0 Å². The molecule has 0 unspecified atom stereocenters. The third kappa shape index (κ3) is 5.00. The molecule has 0 saturated carbocycles. The minimum Gasteiger partial charge on any atom is -0.465 e. The molecule has 0 spiro atoms. The van der Waals surface area contributed by atoms with E-state index < -0.39 is 0 Å². The zero-order valence-corrected chi connectivity index (χ0v) is 8.24. The van der Waals surface area contributed by atoms with E-state index in [-0.39, 0.29) is 18.4 Å². The summed E-state index contributed by atoms with van der Waals surface area (Å²) in [6.45, 7) is 3.81. The summed E-state index contributed by atoms with van der Waals surface area (Å²) in [5.41, 5.74) is 0. The maximum atomic E-state index is 11.1. The Morgan fingerprint density at radius 1 is 1.46 bits per heavy atom. The van der Waals surface area contributed by atoms with Crippen LogP contribution in [0.1, 0.15) is 13.8 Å². The monoisotopic (exact) mass is 185 g/mol. The van der Waals surface area contributed by atoms with Crippen LogP contribution in [0.5, 0.6) is 0 Å². The van der Waals surface area contributed by atoms with Crippen LogP contribution in [0.2, 0.25) is 0 Å². The van der Waals surface area contributed by atoms with Crippen molar-refractivity contribution in [3.63, 3.8) is 0 Å². The van der Waals surface area contributed by atoms with E-state index >= 15 is 0 Å². The van der Waals surface area contributed by atoms with Gasteiger partial charge in [0.15, 0.2) is 0 Å². The van der Waals surface area contributed by atoms with Crippen LogP contribution in [-0.2, 0) is 14.3 Å². The van der Waals surface area contributed by atoms with Gasteiger partial charge in [0, 0.05) is 7.05 Å². The fraction of sp³-hybridized carbons (Fsp3) is 0.556. The fourth-order valence-corrected chi connectivity index (χ4v) is 0.748. The number of esters is 1. The van der Waals surface area contributed by atoms with Gasteiger partial charge in [0.25, 0.3) is 0 Å². The molecular weight excluding hydrogens is 170 g/mol. The van der Waals surface area contributed by atoms with Crippen molar-refractivity contribution in [1.82, 2.24) is 4.90 Å². The molecule has 0 heterocycles. The summed E-state index contributed by atoms with van der Waals surface area (Å²) in [6, 6.07) is 0. The normalized spacial score (nSPS) is 10.1. The molecule has 0 aromatic rings. The van der Waals surface area contributed by atoms with E-state index in [1.165, 1.54) is 11.0 Å². The highest BCUT2D eigenvalue weighted by atomic mass is 16.5. The number of carbonyl (C=O) groups excluding carboxylic acids is 2. The van der Waals surface area contributed by atoms with Gasteiger partial charge in [-0.25, -0.2) is 0 Å². The molecule has 0 aliphatic heterocycles. The first kappa shape index (κ1) is 11.7. The molecule has 0 aromatic heterocycles. The topological polar surface area (TPSA) is 46.6 Å². The summed E-state index contributed by atoms with van der Waals surface area (Å²) in [5.74, 6) is -0.585. The largest absolute Gasteiger partial charge is 0.465 e. The summed E-state index contributed by atoms with van der Waals surface area (Å²) in [4.78, 5) is 23.3. The molecule has 0 bridgehead atoms. The van der Waals surface area contributed by atoms with E-state index in [0.717, 1.165) is 0 Å². The summed E-state index contributed by atoms with van der Waals surface area (Å²) in [7, 11) is 1.55. The van der Waals surface area contributed by atoms with Gasteiger partial charge in [-0.05, 0) is 19.9 Å². The van der Waals surface area contributed by atoms with Crippen LogP contribution < -0.4 is 0 Å². The first-order valence-corrected chi connectivity index (χ1v) is 4.15.